The van der Waals surface area contributed by atoms with Crippen molar-refractivity contribution >= 4 is 54.6 Å². The van der Waals surface area contributed by atoms with Crippen LogP contribution in [0.3, 0.4) is 0 Å². The van der Waals surface area contributed by atoms with Crippen molar-refractivity contribution in [3.63, 3.8) is 0 Å². The molecule has 3 aliphatic rings. The number of carbonyl (C=O) groups excluding carboxylic acids is 4. The van der Waals surface area contributed by atoms with Gasteiger partial charge in [0.1, 0.15) is 12.1 Å². The van der Waals surface area contributed by atoms with Gasteiger partial charge in [-0.1, -0.05) is 40.7 Å². The zero-order chi connectivity index (χ0) is 46.0. The molecule has 0 radical (unpaired) electrons. The maximum absolute atomic E-state index is 14.7. The summed E-state index contributed by atoms with van der Waals surface area (Å²) < 4.78 is 14.3. The highest BCUT2D eigenvalue weighted by molar-refractivity contribution is 7.10. The summed E-state index contributed by atoms with van der Waals surface area (Å²) in [5.41, 5.74) is 9.27. The molecule has 6 heterocycles. The second-order valence-corrected chi connectivity index (χ2v) is 22.1. The van der Waals surface area contributed by atoms with Gasteiger partial charge in [-0.05, 0) is 88.9 Å². The van der Waals surface area contributed by atoms with E-state index in [9.17, 15) is 19.2 Å². The van der Waals surface area contributed by atoms with Crippen LogP contribution in [0.15, 0.2) is 41.9 Å². The van der Waals surface area contributed by atoms with E-state index < -0.39 is 32.4 Å². The number of pyridine rings is 1. The van der Waals surface area contributed by atoms with Crippen molar-refractivity contribution in [2.45, 2.75) is 111 Å². The van der Waals surface area contributed by atoms with E-state index in [-0.39, 0.29) is 48.2 Å². The third kappa shape index (κ3) is 9.78. The summed E-state index contributed by atoms with van der Waals surface area (Å²) in [4.78, 5) is 75.7. The number of carbonyl (C=O) groups is 4. The minimum absolute atomic E-state index is 0.0862. The molecule has 3 aromatic heterocycles. The van der Waals surface area contributed by atoms with Crippen molar-refractivity contribution in [3.8, 4) is 22.5 Å². The smallest absolute Gasteiger partial charge is 0.324 e. The predicted molar refractivity (Wildman–Crippen MR) is 253 cm³/mol. The van der Waals surface area contributed by atoms with Gasteiger partial charge in [0.05, 0.1) is 34.8 Å². The fourth-order valence-electron chi connectivity index (χ4n) is 9.44. The van der Waals surface area contributed by atoms with Crippen LogP contribution in [0.25, 0.3) is 33.4 Å². The number of fused-ring (bicyclic) bond motifs is 6. The second kappa shape index (κ2) is 19.8. The van der Waals surface area contributed by atoms with E-state index in [4.69, 9.17) is 19.4 Å². The number of likely N-dealkylation sites (N-methyl/N-ethyl adjacent to an activating group) is 2. The minimum atomic E-state index is -2.94. The molecule has 4 amide bonds. The lowest BCUT2D eigenvalue weighted by Gasteiger charge is -2.45. The summed E-state index contributed by atoms with van der Waals surface area (Å²) in [5.74, 6) is -1.01. The lowest BCUT2D eigenvalue weighted by atomic mass is 9.84. The maximum atomic E-state index is 14.7. The fraction of sp³-hybridized carbons (Fsp3) is 0.574. The van der Waals surface area contributed by atoms with Gasteiger partial charge in [-0.15, -0.1) is 11.3 Å². The number of hydrogen-bond acceptors (Lipinski definition) is 11. The van der Waals surface area contributed by atoms with Crippen molar-refractivity contribution in [3.05, 3.63) is 58.2 Å². The van der Waals surface area contributed by atoms with Crippen LogP contribution in [0.4, 0.5) is 9.59 Å². The van der Waals surface area contributed by atoms with Crippen molar-refractivity contribution in [1.82, 2.24) is 44.7 Å². The van der Waals surface area contributed by atoms with Crippen molar-refractivity contribution < 1.29 is 28.7 Å². The highest BCUT2D eigenvalue weighted by Gasteiger charge is 2.42. The Morgan fingerprint density at radius 2 is 1.91 bits per heavy atom. The predicted octanol–water partition coefficient (Wildman–Crippen LogP) is 6.37. The van der Waals surface area contributed by atoms with Crippen LogP contribution in [-0.4, -0.2) is 139 Å². The first-order chi connectivity index (χ1) is 30.5. The minimum Gasteiger partial charge on any atom is -0.464 e. The molecule has 2 N–H and O–H groups in total. The summed E-state index contributed by atoms with van der Waals surface area (Å²) in [6.45, 7) is 17.8. The summed E-state index contributed by atoms with van der Waals surface area (Å²) in [6.07, 6.45) is 4.16. The number of thiazole rings is 1. The topological polar surface area (TPSA) is 154 Å². The molecule has 17 heteroatoms. The first-order valence-corrected chi connectivity index (χ1v) is 25.7. The molecule has 3 aliphatic heterocycles. The van der Waals surface area contributed by atoms with Crippen LogP contribution in [0.5, 0.6) is 0 Å². The number of methoxy groups -OCH3 is 1. The lowest BCUT2D eigenvalue weighted by Crippen LogP contribution is -2.65. The number of likely N-dealkylation sites (tertiary alicyclic amines) is 1. The van der Waals surface area contributed by atoms with Gasteiger partial charge in [-0.3, -0.25) is 24.4 Å². The number of aryl methyl sites for hydroxylation is 1. The molecule has 1 aromatic carbocycles. The van der Waals surface area contributed by atoms with Crippen LogP contribution in [0.1, 0.15) is 90.1 Å². The van der Waals surface area contributed by atoms with Gasteiger partial charge in [-0.2, -0.15) is 0 Å². The van der Waals surface area contributed by atoms with Crippen molar-refractivity contribution in [2.75, 3.05) is 54.0 Å². The number of ether oxygens (including phenoxy) is 2. The molecule has 346 valence electrons. The maximum Gasteiger partial charge on any atom is 0.324 e. The number of nitrogens with one attached hydrogen (secondary N) is 2. The van der Waals surface area contributed by atoms with E-state index in [1.165, 1.54) is 16.3 Å². The van der Waals surface area contributed by atoms with Crippen LogP contribution in [-0.2, 0) is 38.1 Å². The van der Waals surface area contributed by atoms with Crippen LogP contribution in [0, 0.1) is 11.3 Å². The quantitative estimate of drug-likeness (QED) is 0.128. The largest absolute Gasteiger partial charge is 0.464 e. The Kier molecular flexibility index (Phi) is 14.6. The molecule has 0 saturated carbocycles. The summed E-state index contributed by atoms with van der Waals surface area (Å²) in [6, 6.07) is 9.12. The van der Waals surface area contributed by atoms with E-state index in [0.717, 1.165) is 69.2 Å². The van der Waals surface area contributed by atoms with Gasteiger partial charge in [-0.25, -0.2) is 15.2 Å². The molecule has 0 spiro atoms. The molecule has 1 unspecified atom stereocenters. The number of amides is 4. The third-order valence-corrected chi connectivity index (χ3v) is 16.7. The molecule has 5 atom stereocenters. The Labute approximate surface area is 383 Å². The average molecular weight is 914 g/mol. The van der Waals surface area contributed by atoms with Crippen molar-refractivity contribution in [2.24, 2.45) is 11.3 Å². The Morgan fingerprint density at radius 1 is 1.12 bits per heavy atom. The van der Waals surface area contributed by atoms with Gasteiger partial charge < -0.3 is 33.7 Å². The number of urea groups is 1. The number of cyclic esters (lactones) is 1. The number of rotatable bonds is 11. The van der Waals surface area contributed by atoms with Gasteiger partial charge >= 0.3 is 12.0 Å². The normalized spacial score (nSPS) is 21.3. The first-order valence-electron chi connectivity index (χ1n) is 22.9. The average Bonchev–Trinajstić information content (AvgIpc) is 3.87. The molecule has 4 aromatic rings. The summed E-state index contributed by atoms with van der Waals surface area (Å²) >= 11 is 1.47. The standard InChI is InChI=1S/C47H67N9O6SSi/c1-11-52(8)25-32-19-22-55(32)45(59)53(9)41(29(3)4)43(57)51-64-27-39-49-37(26-63-39)31-17-18-38-34(23-31)35(42(54(38)12-2)33-15-13-20-48-40(33)30(5)61-10)24-47(6,7)28-62-44(58)36-16-14-21-56(50-36)46(64)60/h13,15,17-18,20,23,26,29-30,32,36,41,50,64H,11-12,14,16,19,21-22,24-25,27-28H2,1-10H3,(H,51,57)/t30-,32?,36-,41-,64-/m0/s1. The Bertz CT molecular complexity index is 2350. The molecule has 7 rings (SSSR count). The van der Waals surface area contributed by atoms with Crippen LogP contribution >= 0.6 is 11.3 Å². The Morgan fingerprint density at radius 3 is 2.59 bits per heavy atom. The van der Waals surface area contributed by atoms with Gasteiger partial charge in [0.2, 0.25) is 11.4 Å². The molecule has 64 heavy (non-hydrogen) atoms. The highest BCUT2D eigenvalue weighted by Crippen LogP contribution is 2.42. The molecule has 2 fully saturated rings. The van der Waals surface area contributed by atoms with Crippen molar-refractivity contribution in [1.29, 1.82) is 0 Å². The first kappa shape index (κ1) is 47.3. The molecule has 15 nitrogen and oxygen atoms in total. The monoisotopic (exact) mass is 913 g/mol. The number of aromatic nitrogens is 3. The van der Waals surface area contributed by atoms with Gasteiger partial charge in [0.25, 0.3) is 8.96 Å². The summed E-state index contributed by atoms with van der Waals surface area (Å²) in [5, 5.41) is 5.33. The fourth-order valence-corrected chi connectivity index (χ4v) is 12.8. The van der Waals surface area contributed by atoms with E-state index in [0.29, 0.717) is 38.9 Å². The van der Waals surface area contributed by atoms with E-state index in [1.807, 2.05) is 44.2 Å². The Hall–Kier alpha value is -4.68. The van der Waals surface area contributed by atoms with Gasteiger partial charge in [0, 0.05) is 91.4 Å². The Balaban J connectivity index is 1.27. The number of esters is 1. The van der Waals surface area contributed by atoms with E-state index in [1.54, 1.807) is 25.3 Å². The number of nitrogens with zero attached hydrogens (tertiary/aromatic N) is 7. The molecule has 6 bridgehead atoms. The second-order valence-electron chi connectivity index (χ2n) is 18.8. The molecule has 0 aliphatic carbocycles. The highest BCUT2D eigenvalue weighted by atomic mass is 32.1. The third-order valence-electron chi connectivity index (χ3n) is 13.2. The molecule has 2 saturated heterocycles. The number of benzene rings is 1. The lowest BCUT2D eigenvalue weighted by molar-refractivity contribution is -0.151. The van der Waals surface area contributed by atoms with Crippen LogP contribution < -0.4 is 10.4 Å². The zero-order valence-corrected chi connectivity index (χ0v) is 41.2. The summed E-state index contributed by atoms with van der Waals surface area (Å²) in [7, 11) is 2.48. The molecular formula is C47H67N9O6SSi. The zero-order valence-electron chi connectivity index (χ0n) is 39.3. The van der Waals surface area contributed by atoms with E-state index >= 15 is 0 Å². The van der Waals surface area contributed by atoms with E-state index in [2.05, 4.69) is 71.8 Å². The molecular weight excluding hydrogens is 847 g/mol. The number of hydrogen-bond donors (Lipinski definition) is 2. The van der Waals surface area contributed by atoms with Gasteiger partial charge in [0.15, 0.2) is 0 Å². The SMILES string of the molecule is CCN(C)CC1CCN1C(=O)N(C)[C@H](C(=O)N[Si@H]1Cc2nc(cs2)-c2ccc3c(c2)c(c(-c2cccnc2[C@H](C)OC)n3CC)CC(C)(C)COC(=O)[C@@H]2CCCN(N2)C1=O)C(C)C. The number of hydrazine groups is 1. The van der Waals surface area contributed by atoms with Crippen LogP contribution in [0.2, 0.25) is 0 Å².